The summed E-state index contributed by atoms with van der Waals surface area (Å²) in [5.41, 5.74) is 3.18. The molecule has 6 nitrogen and oxygen atoms in total. The lowest BCUT2D eigenvalue weighted by Gasteiger charge is -2.22. The molecule has 1 fully saturated rings. The number of hydrogen-bond acceptors (Lipinski definition) is 4. The Hall–Kier alpha value is -3.51. The molecule has 4 rings (SSSR count). The van der Waals surface area contributed by atoms with E-state index in [0.29, 0.717) is 28.6 Å². The minimum absolute atomic E-state index is 0.145. The smallest absolute Gasteiger partial charge is 0.262 e. The number of nitrogens with one attached hydrogen (secondary N) is 2. The van der Waals surface area contributed by atoms with Gasteiger partial charge in [-0.2, -0.15) is 0 Å². The molecule has 7 heteroatoms. The van der Waals surface area contributed by atoms with Crippen LogP contribution >= 0.6 is 11.6 Å². The van der Waals surface area contributed by atoms with Crippen molar-refractivity contribution < 1.29 is 14.3 Å². The van der Waals surface area contributed by atoms with Crippen LogP contribution in [0.1, 0.15) is 28.8 Å². The molecule has 2 N–H and O–H groups in total. The molecule has 0 unspecified atom stereocenters. The zero-order chi connectivity index (χ0) is 23.8. The van der Waals surface area contributed by atoms with Crippen molar-refractivity contribution in [3.8, 4) is 5.75 Å². The highest BCUT2D eigenvalue weighted by atomic mass is 35.5. The first-order valence-corrected chi connectivity index (χ1v) is 11.9. The third kappa shape index (κ3) is 6.51. The van der Waals surface area contributed by atoms with E-state index in [1.54, 1.807) is 30.3 Å². The fourth-order valence-corrected chi connectivity index (χ4v) is 4.09. The number of amides is 2. The number of nitrogens with zero attached hydrogens (tertiary/aromatic N) is 1. The van der Waals surface area contributed by atoms with Gasteiger partial charge in [-0.1, -0.05) is 41.9 Å². The van der Waals surface area contributed by atoms with Crippen molar-refractivity contribution in [2.24, 2.45) is 0 Å². The maximum absolute atomic E-state index is 13.1. The van der Waals surface area contributed by atoms with Gasteiger partial charge in [0.05, 0.1) is 5.56 Å². The first kappa shape index (κ1) is 23.6. The van der Waals surface area contributed by atoms with Gasteiger partial charge < -0.3 is 20.3 Å². The number of carbonyl (C=O) groups excluding carboxylic acids is 2. The molecule has 34 heavy (non-hydrogen) atoms. The van der Waals surface area contributed by atoms with Gasteiger partial charge in [-0.25, -0.2) is 0 Å². The average Bonchev–Trinajstić information content (AvgIpc) is 3.39. The molecule has 0 spiro atoms. The molecule has 0 atom stereocenters. The fraction of sp³-hybridized carbons (Fsp3) is 0.259. The molecule has 3 aromatic carbocycles. The Morgan fingerprint density at radius 2 is 1.68 bits per heavy atom. The second-order valence-electron chi connectivity index (χ2n) is 8.21. The van der Waals surface area contributed by atoms with Crippen molar-refractivity contribution >= 4 is 34.8 Å². The van der Waals surface area contributed by atoms with Crippen LogP contribution in [0.4, 0.5) is 11.4 Å². The molecule has 0 bridgehead atoms. The molecule has 0 saturated carbocycles. The Balaban J connectivity index is 1.41. The molecule has 1 aliphatic rings. The van der Waals surface area contributed by atoms with Crippen LogP contribution < -0.4 is 20.3 Å². The van der Waals surface area contributed by atoms with Gasteiger partial charge in [-0.15, -0.1) is 0 Å². The fourth-order valence-electron chi connectivity index (χ4n) is 3.97. The number of halogens is 1. The summed E-state index contributed by atoms with van der Waals surface area (Å²) in [6.45, 7) is 2.23. The topological polar surface area (TPSA) is 70.7 Å². The summed E-state index contributed by atoms with van der Waals surface area (Å²) in [5.74, 6) is 0.105. The van der Waals surface area contributed by atoms with Gasteiger partial charge in [0.2, 0.25) is 0 Å². The minimum atomic E-state index is -0.306. The third-order valence-corrected chi connectivity index (χ3v) is 5.95. The molecule has 2 amide bonds. The lowest BCUT2D eigenvalue weighted by Crippen LogP contribution is -2.29. The lowest BCUT2D eigenvalue weighted by molar-refractivity contribution is -0.118. The Morgan fingerprint density at radius 3 is 2.41 bits per heavy atom. The van der Waals surface area contributed by atoms with E-state index in [0.717, 1.165) is 38.0 Å². The van der Waals surface area contributed by atoms with E-state index >= 15 is 0 Å². The summed E-state index contributed by atoms with van der Waals surface area (Å²) in [6, 6.07) is 22.4. The monoisotopic (exact) mass is 477 g/mol. The van der Waals surface area contributed by atoms with Crippen LogP contribution in [0, 0.1) is 0 Å². The molecule has 1 saturated heterocycles. The van der Waals surface area contributed by atoms with E-state index in [2.05, 4.69) is 15.5 Å². The summed E-state index contributed by atoms with van der Waals surface area (Å²) in [5, 5.41) is 6.46. The molecule has 1 heterocycles. The van der Waals surface area contributed by atoms with Gasteiger partial charge >= 0.3 is 0 Å². The van der Waals surface area contributed by atoms with E-state index in [9.17, 15) is 9.59 Å². The van der Waals surface area contributed by atoms with Crippen molar-refractivity contribution in [2.45, 2.75) is 19.3 Å². The number of benzene rings is 3. The number of ether oxygens (including phenoxy) is 1. The van der Waals surface area contributed by atoms with Crippen LogP contribution in [0.15, 0.2) is 72.8 Å². The Labute approximate surface area is 204 Å². The van der Waals surface area contributed by atoms with Gasteiger partial charge in [-0.3, -0.25) is 9.59 Å². The predicted octanol–water partition coefficient (Wildman–Crippen LogP) is 4.93. The van der Waals surface area contributed by atoms with Gasteiger partial charge in [0.15, 0.2) is 6.61 Å². The highest BCUT2D eigenvalue weighted by Gasteiger charge is 2.20. The van der Waals surface area contributed by atoms with Crippen LogP contribution in [0.25, 0.3) is 0 Å². The van der Waals surface area contributed by atoms with Crippen molar-refractivity contribution in [3.63, 3.8) is 0 Å². The van der Waals surface area contributed by atoms with Gasteiger partial charge in [-0.05, 0) is 67.3 Å². The van der Waals surface area contributed by atoms with Crippen LogP contribution in [-0.4, -0.2) is 38.1 Å². The number of anilines is 2. The van der Waals surface area contributed by atoms with Gasteiger partial charge in [0.25, 0.3) is 11.8 Å². The van der Waals surface area contributed by atoms with Crippen LogP contribution in [0.3, 0.4) is 0 Å². The van der Waals surface area contributed by atoms with Crippen molar-refractivity contribution in [2.75, 3.05) is 36.5 Å². The van der Waals surface area contributed by atoms with Crippen molar-refractivity contribution in [1.29, 1.82) is 0 Å². The second kappa shape index (κ2) is 11.6. The van der Waals surface area contributed by atoms with Crippen LogP contribution in [0.2, 0.25) is 5.02 Å². The highest BCUT2D eigenvalue weighted by molar-refractivity contribution is 6.30. The summed E-state index contributed by atoms with van der Waals surface area (Å²) in [7, 11) is 0. The molecular weight excluding hydrogens is 450 g/mol. The van der Waals surface area contributed by atoms with E-state index in [-0.39, 0.29) is 18.4 Å². The third-order valence-electron chi connectivity index (χ3n) is 5.70. The Kier molecular flexibility index (Phi) is 8.04. The summed E-state index contributed by atoms with van der Waals surface area (Å²) >= 11 is 5.87. The number of rotatable bonds is 9. The molecule has 0 aliphatic carbocycles. The largest absolute Gasteiger partial charge is 0.484 e. The standard InChI is InChI=1S/C27H28ClN3O3/c28-21-8-11-23(12-9-21)34-19-26(32)30-22-10-13-25(31-16-4-5-17-31)24(18-22)27(33)29-15-14-20-6-2-1-3-7-20/h1-3,6-13,18H,4-5,14-17,19H2,(H,29,33)(H,30,32). The van der Waals surface area contributed by atoms with Crippen molar-refractivity contribution in [3.05, 3.63) is 88.9 Å². The maximum atomic E-state index is 13.1. The van der Waals surface area contributed by atoms with E-state index in [1.165, 1.54) is 5.56 Å². The van der Waals surface area contributed by atoms with Gasteiger partial charge in [0, 0.05) is 36.0 Å². The number of hydrogen-bond donors (Lipinski definition) is 2. The highest BCUT2D eigenvalue weighted by Crippen LogP contribution is 2.27. The lowest BCUT2D eigenvalue weighted by atomic mass is 10.1. The second-order valence-corrected chi connectivity index (χ2v) is 8.64. The molecule has 0 radical (unpaired) electrons. The zero-order valence-corrected chi connectivity index (χ0v) is 19.7. The van der Waals surface area contributed by atoms with Gasteiger partial charge in [0.1, 0.15) is 5.75 Å². The summed E-state index contributed by atoms with van der Waals surface area (Å²) in [6.07, 6.45) is 2.97. The average molecular weight is 478 g/mol. The Bertz CT molecular complexity index is 1110. The SMILES string of the molecule is O=C(COc1ccc(Cl)cc1)Nc1ccc(N2CCCC2)c(C(=O)NCCc2ccccc2)c1. The molecule has 1 aliphatic heterocycles. The zero-order valence-electron chi connectivity index (χ0n) is 18.9. The summed E-state index contributed by atoms with van der Waals surface area (Å²) in [4.78, 5) is 27.8. The minimum Gasteiger partial charge on any atom is -0.484 e. The number of carbonyl (C=O) groups is 2. The van der Waals surface area contributed by atoms with Crippen LogP contribution in [0.5, 0.6) is 5.75 Å². The maximum Gasteiger partial charge on any atom is 0.262 e. The predicted molar refractivity (Wildman–Crippen MR) is 136 cm³/mol. The molecule has 0 aromatic heterocycles. The molecule has 3 aromatic rings. The molecular formula is C27H28ClN3O3. The molecule has 176 valence electrons. The van der Waals surface area contributed by atoms with E-state index < -0.39 is 0 Å². The quantitative estimate of drug-likeness (QED) is 0.458. The van der Waals surface area contributed by atoms with E-state index in [1.807, 2.05) is 42.5 Å². The van der Waals surface area contributed by atoms with E-state index in [4.69, 9.17) is 16.3 Å². The normalized spacial score (nSPS) is 12.9. The van der Waals surface area contributed by atoms with Crippen molar-refractivity contribution in [1.82, 2.24) is 5.32 Å². The first-order chi connectivity index (χ1) is 16.6. The summed E-state index contributed by atoms with van der Waals surface area (Å²) < 4.78 is 5.51. The Morgan fingerprint density at radius 1 is 0.941 bits per heavy atom. The first-order valence-electron chi connectivity index (χ1n) is 11.5. The van der Waals surface area contributed by atoms with Crippen LogP contribution in [-0.2, 0) is 11.2 Å².